The van der Waals surface area contributed by atoms with E-state index in [0.717, 1.165) is 35.6 Å². The number of nitrogens with zero attached hydrogens (tertiary/aromatic N) is 2. The summed E-state index contributed by atoms with van der Waals surface area (Å²) in [6, 6.07) is 2.81. The Kier molecular flexibility index (Phi) is 4.28. The summed E-state index contributed by atoms with van der Waals surface area (Å²) in [5.41, 5.74) is 2.20. The molecule has 1 heterocycles. The Bertz CT molecular complexity index is 408. The second-order valence-corrected chi connectivity index (χ2v) is 7.78. The smallest absolute Gasteiger partial charge is 0.138 e. The molecule has 100 valence electrons. The summed E-state index contributed by atoms with van der Waals surface area (Å²) < 4.78 is 0.263. The summed E-state index contributed by atoms with van der Waals surface area (Å²) in [6.45, 7) is 9.60. The lowest BCUT2D eigenvalue weighted by Gasteiger charge is -2.17. The zero-order valence-corrected chi connectivity index (χ0v) is 12.6. The van der Waals surface area contributed by atoms with Gasteiger partial charge in [0, 0.05) is 23.0 Å². The van der Waals surface area contributed by atoms with Crippen molar-refractivity contribution in [1.82, 2.24) is 15.3 Å². The molecule has 0 aromatic carbocycles. The third-order valence-corrected chi connectivity index (χ3v) is 4.01. The minimum absolute atomic E-state index is 0.263. The Hall–Kier alpha value is -0.610. The highest BCUT2D eigenvalue weighted by atomic mass is 32.2. The van der Waals surface area contributed by atoms with Gasteiger partial charge in [-0.1, -0.05) is 20.8 Å². The second kappa shape index (κ2) is 5.57. The first-order valence-electron chi connectivity index (χ1n) is 6.63. The normalized spacial score (nSPS) is 16.0. The van der Waals surface area contributed by atoms with E-state index >= 15 is 0 Å². The van der Waals surface area contributed by atoms with Crippen LogP contribution in [0.3, 0.4) is 0 Å². The van der Waals surface area contributed by atoms with Crippen LogP contribution in [0.5, 0.6) is 0 Å². The molecule has 0 saturated heterocycles. The summed E-state index contributed by atoms with van der Waals surface area (Å²) in [7, 11) is 0. The van der Waals surface area contributed by atoms with E-state index in [-0.39, 0.29) is 4.75 Å². The lowest BCUT2D eigenvalue weighted by Crippen LogP contribution is -2.17. The van der Waals surface area contributed by atoms with E-state index in [1.807, 2.05) is 18.7 Å². The first kappa shape index (κ1) is 13.8. The maximum Gasteiger partial charge on any atom is 0.138 e. The van der Waals surface area contributed by atoms with Crippen LogP contribution in [-0.4, -0.2) is 20.8 Å². The molecule has 0 spiro atoms. The first-order valence-corrected chi connectivity index (χ1v) is 7.62. The van der Waals surface area contributed by atoms with Gasteiger partial charge in [0.1, 0.15) is 5.82 Å². The molecular weight excluding hydrogens is 242 g/mol. The van der Waals surface area contributed by atoms with Gasteiger partial charge in [-0.25, -0.2) is 9.97 Å². The van der Waals surface area contributed by atoms with Gasteiger partial charge in [0.25, 0.3) is 0 Å². The summed E-state index contributed by atoms with van der Waals surface area (Å²) in [5, 5.41) is 3.50. The molecule has 1 fully saturated rings. The van der Waals surface area contributed by atoms with Crippen molar-refractivity contribution in [3.63, 3.8) is 0 Å². The van der Waals surface area contributed by atoms with Crippen LogP contribution in [0, 0.1) is 6.92 Å². The fourth-order valence-corrected chi connectivity index (χ4v) is 2.36. The molecule has 3 nitrogen and oxygen atoms in total. The molecule has 0 amide bonds. The van der Waals surface area contributed by atoms with Crippen LogP contribution >= 0.6 is 11.8 Å². The predicted octanol–water partition coefficient (Wildman–Crippen LogP) is 3.07. The van der Waals surface area contributed by atoms with Gasteiger partial charge < -0.3 is 5.32 Å². The summed E-state index contributed by atoms with van der Waals surface area (Å²) in [4.78, 5) is 9.16. The van der Waals surface area contributed by atoms with Gasteiger partial charge in [-0.3, -0.25) is 0 Å². The molecule has 0 atom stereocenters. The van der Waals surface area contributed by atoms with Crippen molar-refractivity contribution in [2.45, 2.75) is 63.6 Å². The molecular formula is C14H23N3S. The number of rotatable bonds is 5. The van der Waals surface area contributed by atoms with E-state index in [0.29, 0.717) is 0 Å². The van der Waals surface area contributed by atoms with E-state index in [1.54, 1.807) is 0 Å². The Labute approximate surface area is 114 Å². The van der Waals surface area contributed by atoms with E-state index < -0.39 is 0 Å². The number of aryl methyl sites for hydroxylation is 1. The summed E-state index contributed by atoms with van der Waals surface area (Å²) in [5.74, 6) is 1.85. The molecule has 1 aromatic heterocycles. The minimum atomic E-state index is 0.263. The fraction of sp³-hybridized carbons (Fsp3) is 0.714. The van der Waals surface area contributed by atoms with Crippen LogP contribution in [-0.2, 0) is 12.3 Å². The van der Waals surface area contributed by atoms with Gasteiger partial charge in [-0.2, -0.15) is 0 Å². The molecule has 1 aromatic rings. The van der Waals surface area contributed by atoms with Crippen molar-refractivity contribution in [3.8, 4) is 0 Å². The Morgan fingerprint density at radius 1 is 1.33 bits per heavy atom. The average Bonchev–Trinajstić information content (AvgIpc) is 3.06. The van der Waals surface area contributed by atoms with Gasteiger partial charge in [0.05, 0.1) is 11.4 Å². The number of aromatic nitrogens is 2. The van der Waals surface area contributed by atoms with Crippen molar-refractivity contribution in [2.75, 3.05) is 0 Å². The summed E-state index contributed by atoms with van der Waals surface area (Å²) >= 11 is 1.90. The van der Waals surface area contributed by atoms with E-state index in [1.165, 1.54) is 12.8 Å². The van der Waals surface area contributed by atoms with Gasteiger partial charge in [-0.05, 0) is 25.8 Å². The van der Waals surface area contributed by atoms with Crippen LogP contribution < -0.4 is 5.32 Å². The minimum Gasteiger partial charge on any atom is -0.308 e. The third kappa shape index (κ3) is 4.94. The van der Waals surface area contributed by atoms with Gasteiger partial charge >= 0.3 is 0 Å². The van der Waals surface area contributed by atoms with Crippen molar-refractivity contribution >= 4 is 11.8 Å². The van der Waals surface area contributed by atoms with Crippen LogP contribution in [0.4, 0.5) is 0 Å². The molecule has 1 N–H and O–H groups in total. The van der Waals surface area contributed by atoms with Crippen LogP contribution in [0.15, 0.2) is 6.07 Å². The highest BCUT2D eigenvalue weighted by Gasteiger charge is 2.20. The van der Waals surface area contributed by atoms with Gasteiger partial charge in [0.2, 0.25) is 0 Å². The third-order valence-electron chi connectivity index (χ3n) is 2.74. The first-order chi connectivity index (χ1) is 8.42. The van der Waals surface area contributed by atoms with Crippen LogP contribution in [0.25, 0.3) is 0 Å². The second-order valence-electron chi connectivity index (χ2n) is 5.97. The van der Waals surface area contributed by atoms with E-state index in [4.69, 9.17) is 0 Å². The fourth-order valence-electron chi connectivity index (χ4n) is 1.67. The zero-order chi connectivity index (χ0) is 13.2. The average molecular weight is 265 g/mol. The quantitative estimate of drug-likeness (QED) is 0.888. The van der Waals surface area contributed by atoms with Crippen LogP contribution in [0.2, 0.25) is 0 Å². The maximum atomic E-state index is 4.64. The molecule has 4 heteroatoms. The molecule has 1 saturated carbocycles. The van der Waals surface area contributed by atoms with E-state index in [9.17, 15) is 0 Å². The molecule has 18 heavy (non-hydrogen) atoms. The molecule has 0 aliphatic heterocycles. The van der Waals surface area contributed by atoms with Crippen molar-refractivity contribution in [2.24, 2.45) is 0 Å². The van der Waals surface area contributed by atoms with Gasteiger partial charge in [-0.15, -0.1) is 11.8 Å². The standard InChI is InChI=1S/C14H23N3S/c1-10-7-12(8-15-11-5-6-11)17-13(16-10)9-18-14(2,3)4/h7,11,15H,5-6,8-9H2,1-4H3. The van der Waals surface area contributed by atoms with Crippen molar-refractivity contribution < 1.29 is 0 Å². The highest BCUT2D eigenvalue weighted by Crippen LogP contribution is 2.26. The molecule has 1 aliphatic rings. The predicted molar refractivity (Wildman–Crippen MR) is 77.7 cm³/mol. The number of thioether (sulfide) groups is 1. The van der Waals surface area contributed by atoms with E-state index in [2.05, 4.69) is 42.1 Å². The molecule has 2 rings (SSSR count). The van der Waals surface area contributed by atoms with Crippen molar-refractivity contribution in [1.29, 1.82) is 0 Å². The topological polar surface area (TPSA) is 37.8 Å². The molecule has 0 unspecified atom stereocenters. The highest BCUT2D eigenvalue weighted by molar-refractivity contribution is 7.99. The molecule has 1 aliphatic carbocycles. The Balaban J connectivity index is 1.96. The molecule has 0 bridgehead atoms. The van der Waals surface area contributed by atoms with Crippen LogP contribution in [0.1, 0.15) is 50.8 Å². The summed E-state index contributed by atoms with van der Waals surface area (Å²) in [6.07, 6.45) is 2.63. The SMILES string of the molecule is Cc1cc(CNC2CC2)nc(CSC(C)(C)C)n1. The number of nitrogens with one attached hydrogen (secondary N) is 1. The lowest BCUT2D eigenvalue weighted by molar-refractivity contribution is 0.668. The largest absolute Gasteiger partial charge is 0.308 e. The lowest BCUT2D eigenvalue weighted by atomic mass is 10.3. The molecule has 0 radical (unpaired) electrons. The Morgan fingerprint density at radius 3 is 2.67 bits per heavy atom. The van der Waals surface area contributed by atoms with Gasteiger partial charge in [0.15, 0.2) is 0 Å². The number of hydrogen-bond donors (Lipinski definition) is 1. The number of hydrogen-bond acceptors (Lipinski definition) is 4. The monoisotopic (exact) mass is 265 g/mol. The van der Waals surface area contributed by atoms with Crippen molar-refractivity contribution in [3.05, 3.63) is 23.3 Å². The Morgan fingerprint density at radius 2 is 2.06 bits per heavy atom. The zero-order valence-electron chi connectivity index (χ0n) is 11.8. The maximum absolute atomic E-state index is 4.64.